The summed E-state index contributed by atoms with van der Waals surface area (Å²) in [5, 5.41) is 0. The van der Waals surface area contributed by atoms with Gasteiger partial charge >= 0.3 is 79.0 Å². The van der Waals surface area contributed by atoms with Crippen molar-refractivity contribution in [2.75, 3.05) is 67.6 Å². The highest BCUT2D eigenvalue weighted by Gasteiger charge is 2.62. The lowest BCUT2D eigenvalue weighted by Crippen LogP contribution is -2.67. The van der Waals surface area contributed by atoms with E-state index in [0.29, 0.717) is 12.8 Å². The molecule has 0 spiro atoms. The summed E-state index contributed by atoms with van der Waals surface area (Å²) in [7, 11) is -22.6. The van der Waals surface area contributed by atoms with Gasteiger partial charge in [-0.15, -0.1) is 0 Å². The van der Waals surface area contributed by atoms with Gasteiger partial charge in [-0.05, 0) is 12.8 Å². The molecular weight excluding hydrogens is 1120 g/mol. The lowest BCUT2D eigenvalue weighted by Gasteiger charge is -2.49. The average molecular weight is 1190 g/mol. The van der Waals surface area contributed by atoms with Crippen LogP contribution < -0.4 is 0 Å². The fourth-order valence-electron chi connectivity index (χ4n) is 5.09. The van der Waals surface area contributed by atoms with Gasteiger partial charge in [0, 0.05) is 68.6 Å². The zero-order valence-electron chi connectivity index (χ0n) is 43.0. The molecule has 0 radical (unpaired) electrons. The Morgan fingerprint density at radius 3 is 0.592 bits per heavy atom. The molecular formula is C38H64O34P4. The summed E-state index contributed by atoms with van der Waals surface area (Å²) in [6.45, 7) is -0.344. The number of carbonyl (C=O) groups is 8. The van der Waals surface area contributed by atoms with Crippen molar-refractivity contribution in [1.29, 1.82) is 0 Å². The Hall–Kier alpha value is -3.88. The number of phosphoric acid groups is 4. The van der Waals surface area contributed by atoms with Gasteiger partial charge in [0.05, 0.1) is 0 Å². The van der Waals surface area contributed by atoms with Crippen molar-refractivity contribution in [2.45, 2.75) is 132 Å². The highest BCUT2D eigenvalue weighted by Crippen LogP contribution is 2.62. The molecule has 34 nitrogen and oxygen atoms in total. The van der Waals surface area contributed by atoms with Crippen molar-refractivity contribution in [2.24, 2.45) is 0 Å². The Bertz CT molecular complexity index is 1830. The van der Waals surface area contributed by atoms with E-state index < -0.39 is 170 Å². The van der Waals surface area contributed by atoms with Gasteiger partial charge < -0.3 is 47.4 Å². The second-order valence-electron chi connectivity index (χ2n) is 14.5. The van der Waals surface area contributed by atoms with Crippen LogP contribution in [-0.4, -0.2) is 152 Å². The number of carbonyl (C=O) groups excluding carboxylic acids is 8. The molecule has 6 atom stereocenters. The maximum Gasteiger partial charge on any atom is 0.481 e. The Kier molecular flexibility index (Phi) is 33.5. The fraction of sp³-hybridized carbons (Fsp3) is 0.789. The van der Waals surface area contributed by atoms with E-state index >= 15 is 0 Å². The van der Waals surface area contributed by atoms with Crippen LogP contribution in [0.3, 0.4) is 0 Å². The molecule has 1 fully saturated rings. The minimum Gasteiger partial charge on any atom is -0.438 e. The smallest absolute Gasteiger partial charge is 0.438 e. The number of hydrogen-bond acceptors (Lipinski definition) is 34. The number of rotatable bonds is 40. The largest absolute Gasteiger partial charge is 0.481 e. The Morgan fingerprint density at radius 2 is 0.447 bits per heavy atom. The summed E-state index contributed by atoms with van der Waals surface area (Å²) in [4.78, 5) is 95.0. The molecule has 1 rings (SSSR count). The molecule has 38 heteroatoms. The van der Waals surface area contributed by atoms with Gasteiger partial charge in [0.2, 0.25) is 54.3 Å². The van der Waals surface area contributed by atoms with Crippen LogP contribution in [0.2, 0.25) is 0 Å². The third-order valence-corrected chi connectivity index (χ3v) is 13.7. The summed E-state index contributed by atoms with van der Waals surface area (Å²) in [6.07, 6.45) is -13.4. The van der Waals surface area contributed by atoms with E-state index in [1.807, 2.05) is 0 Å². The van der Waals surface area contributed by atoms with Crippen molar-refractivity contribution in [3.8, 4) is 0 Å². The molecule has 440 valence electrons. The topological polar surface area (TPSA) is 408 Å². The van der Waals surface area contributed by atoms with Gasteiger partial charge in [-0.3, -0.25) is 56.5 Å². The number of hydrogen-bond donors (Lipinski definition) is 0. The van der Waals surface area contributed by atoms with Gasteiger partial charge in [-0.2, -0.15) is 0 Å². The second-order valence-corrected chi connectivity index (χ2v) is 21.0. The van der Waals surface area contributed by atoms with Crippen molar-refractivity contribution < 1.29 is 158 Å². The number of esters is 8. The molecule has 0 saturated heterocycles. The monoisotopic (exact) mass is 1190 g/mol. The van der Waals surface area contributed by atoms with Crippen molar-refractivity contribution in [3.05, 3.63) is 0 Å². The Balaban J connectivity index is 4.87. The predicted octanol–water partition coefficient (Wildman–Crippen LogP) is 4.64. The van der Waals surface area contributed by atoms with Crippen molar-refractivity contribution in [3.63, 3.8) is 0 Å². The molecule has 0 amide bonds. The van der Waals surface area contributed by atoms with Crippen LogP contribution in [-0.2, 0) is 158 Å². The van der Waals surface area contributed by atoms with Crippen molar-refractivity contribution in [1.82, 2.24) is 0 Å². The molecule has 0 N–H and O–H groups in total. The highest BCUT2D eigenvalue weighted by atomic mass is 31.2. The van der Waals surface area contributed by atoms with Crippen LogP contribution in [0.15, 0.2) is 0 Å². The normalized spacial score (nSPS) is 18.9. The molecule has 0 aliphatic heterocycles. The third kappa shape index (κ3) is 29.7. The molecule has 0 aromatic carbocycles. The van der Waals surface area contributed by atoms with Crippen LogP contribution in [0.25, 0.3) is 0 Å². The Labute approximate surface area is 435 Å². The standard InChI is InChI=1S/C38H64O34P4/c1-11-13-15-51-33-34(52-16-14-12-2)36(70-74(48,63-19-55-27(5)41)64-20-56-28(6)42)38(72-76(50,67-23-59-31(9)45)68-24-60-32(10)46)37(71-75(49,65-21-57-29(7)43)66-22-58-30(8)44)35(33)69-73(47,61-17-53-25(3)39)62-18-54-26(4)40/h33-38H,11-24H2,1-10H3/t33-,34+,35-,36-,37+,38+/m0/s1. The van der Waals surface area contributed by atoms with Gasteiger partial charge in [-0.25, -0.2) is 54.5 Å². The lowest BCUT2D eigenvalue weighted by molar-refractivity contribution is -0.241. The van der Waals surface area contributed by atoms with Crippen molar-refractivity contribution >= 4 is 79.0 Å². The van der Waals surface area contributed by atoms with Gasteiger partial charge in [0.1, 0.15) is 36.6 Å². The third-order valence-electron chi connectivity index (χ3n) is 8.35. The quantitative estimate of drug-likeness (QED) is 0.0265. The van der Waals surface area contributed by atoms with Crippen LogP contribution >= 0.6 is 31.3 Å². The summed E-state index contributed by atoms with van der Waals surface area (Å²) < 4.78 is 176. The predicted molar refractivity (Wildman–Crippen MR) is 241 cm³/mol. The molecule has 0 aromatic heterocycles. The summed E-state index contributed by atoms with van der Waals surface area (Å²) in [5.74, 6) is -8.29. The fourth-order valence-corrected chi connectivity index (χ4v) is 9.48. The van der Waals surface area contributed by atoms with E-state index in [9.17, 15) is 56.6 Å². The first kappa shape index (κ1) is 70.1. The zero-order valence-corrected chi connectivity index (χ0v) is 46.6. The molecule has 0 aromatic rings. The van der Waals surface area contributed by atoms with Gasteiger partial charge in [-0.1, -0.05) is 26.7 Å². The van der Waals surface area contributed by atoms with Crippen LogP contribution in [0.5, 0.6) is 0 Å². The van der Waals surface area contributed by atoms with E-state index in [2.05, 4.69) is 0 Å². The molecule has 0 heterocycles. The second kappa shape index (κ2) is 36.3. The first-order valence-electron chi connectivity index (χ1n) is 22.2. The molecule has 0 bridgehead atoms. The maximum absolute atomic E-state index is 14.9. The number of unbranched alkanes of at least 4 members (excludes halogenated alkanes) is 2. The highest BCUT2D eigenvalue weighted by molar-refractivity contribution is 7.49. The van der Waals surface area contributed by atoms with Crippen LogP contribution in [0, 0.1) is 0 Å². The van der Waals surface area contributed by atoms with E-state index in [4.69, 9.17) is 102 Å². The van der Waals surface area contributed by atoms with E-state index in [0.717, 1.165) is 55.4 Å². The SMILES string of the molecule is CCCCO[C@@H]1[C@H](OCCCC)[C@H](OP(=O)(OCOC(C)=O)OCOC(C)=O)[C@@H](OP(=O)(OCOC(C)=O)OCOC(C)=O)[C@H](OP(=O)(OCOC(C)=O)OCOC(C)=O)[C@H]1OP(=O)(OCOC(C)=O)OCOC(C)=O. The van der Waals surface area contributed by atoms with Gasteiger partial charge in [0.15, 0.2) is 0 Å². The van der Waals surface area contributed by atoms with E-state index in [1.54, 1.807) is 13.8 Å². The molecule has 76 heavy (non-hydrogen) atoms. The van der Waals surface area contributed by atoms with E-state index in [-0.39, 0.29) is 26.1 Å². The molecule has 1 saturated carbocycles. The Morgan fingerprint density at radius 1 is 0.289 bits per heavy atom. The summed E-state index contributed by atoms with van der Waals surface area (Å²) in [6, 6.07) is 0. The number of ether oxygens (including phenoxy) is 10. The minimum atomic E-state index is -5.71. The zero-order chi connectivity index (χ0) is 57.5. The minimum absolute atomic E-state index is 0.166. The van der Waals surface area contributed by atoms with Gasteiger partial charge in [0.25, 0.3) is 0 Å². The maximum atomic E-state index is 14.9. The number of phosphoric ester groups is 4. The molecule has 0 unspecified atom stereocenters. The van der Waals surface area contributed by atoms with E-state index in [1.165, 1.54) is 0 Å². The lowest BCUT2D eigenvalue weighted by atomic mass is 9.84. The molecule has 1 aliphatic rings. The first-order chi connectivity index (χ1) is 35.6. The average Bonchev–Trinajstić information content (AvgIpc) is 3.28. The summed E-state index contributed by atoms with van der Waals surface area (Å²) in [5.41, 5.74) is 0. The van der Waals surface area contributed by atoms with Crippen LogP contribution in [0.1, 0.15) is 94.9 Å². The first-order valence-corrected chi connectivity index (χ1v) is 28.1. The summed E-state index contributed by atoms with van der Waals surface area (Å²) >= 11 is 0. The van der Waals surface area contributed by atoms with Crippen LogP contribution in [0.4, 0.5) is 0 Å². The molecule has 1 aliphatic carbocycles.